The molecule has 0 saturated carbocycles. The van der Waals surface area contributed by atoms with Crippen molar-refractivity contribution in [2.24, 2.45) is 0 Å². The summed E-state index contributed by atoms with van der Waals surface area (Å²) >= 11 is 0. The number of unbranched alkanes of at least 4 members (excludes halogenated alkanes) is 1. The van der Waals surface area contributed by atoms with Crippen LogP contribution in [0, 0.1) is 0 Å². The van der Waals surface area contributed by atoms with Gasteiger partial charge in [-0.25, -0.2) is 4.79 Å². The van der Waals surface area contributed by atoms with Crippen LogP contribution in [0.25, 0.3) is 0 Å². The Hall–Kier alpha value is -0.610. The molecule has 0 aromatic heterocycles. The van der Waals surface area contributed by atoms with Crippen LogP contribution in [0.1, 0.15) is 26.7 Å². The first-order chi connectivity index (χ1) is 6.18. The van der Waals surface area contributed by atoms with Gasteiger partial charge in [-0.1, -0.05) is 13.3 Å². The van der Waals surface area contributed by atoms with Crippen molar-refractivity contribution in [3.63, 3.8) is 0 Å². The average molecular weight is 190 g/mol. The van der Waals surface area contributed by atoms with Crippen LogP contribution in [-0.2, 0) is 14.3 Å². The number of hydrogen-bond donors (Lipinski definition) is 1. The Morgan fingerprint density at radius 2 is 2.08 bits per heavy atom. The first-order valence-electron chi connectivity index (χ1n) is 4.60. The lowest BCUT2D eigenvalue weighted by Crippen LogP contribution is -2.22. The summed E-state index contributed by atoms with van der Waals surface area (Å²) in [4.78, 5) is 10.3. The highest BCUT2D eigenvalue weighted by molar-refractivity contribution is 5.71. The molecule has 0 aliphatic rings. The van der Waals surface area contributed by atoms with E-state index in [9.17, 15) is 4.79 Å². The number of hydrogen-bond acceptors (Lipinski definition) is 3. The number of aliphatic carboxylic acids is 1. The summed E-state index contributed by atoms with van der Waals surface area (Å²) in [6.07, 6.45) is 1.40. The fourth-order valence-corrected chi connectivity index (χ4v) is 0.704. The molecule has 1 N–H and O–H groups in total. The summed E-state index contributed by atoms with van der Waals surface area (Å²) in [5.74, 6) is -0.937. The molecule has 0 aromatic rings. The fourth-order valence-electron chi connectivity index (χ4n) is 0.704. The molecule has 4 heteroatoms. The molecule has 0 aromatic carbocycles. The van der Waals surface area contributed by atoms with E-state index in [2.05, 4.69) is 6.92 Å². The van der Waals surface area contributed by atoms with Crippen molar-refractivity contribution in [2.75, 3.05) is 19.8 Å². The van der Waals surface area contributed by atoms with E-state index in [1.807, 2.05) is 0 Å². The molecule has 0 spiro atoms. The molecule has 0 heterocycles. The zero-order valence-corrected chi connectivity index (χ0v) is 8.28. The van der Waals surface area contributed by atoms with Crippen LogP contribution in [0.4, 0.5) is 0 Å². The van der Waals surface area contributed by atoms with Crippen molar-refractivity contribution in [3.05, 3.63) is 0 Å². The van der Waals surface area contributed by atoms with Gasteiger partial charge in [0.2, 0.25) is 0 Å². The predicted octanol–water partition coefficient (Wildman–Crippen LogP) is 1.29. The maximum absolute atomic E-state index is 10.3. The zero-order valence-electron chi connectivity index (χ0n) is 8.28. The number of carboxylic acid groups (broad SMARTS) is 1. The lowest BCUT2D eigenvalue weighted by atomic mass is 10.4. The quantitative estimate of drug-likeness (QED) is 0.586. The second-order valence-electron chi connectivity index (χ2n) is 2.82. The fraction of sp³-hybridized carbons (Fsp3) is 0.889. The van der Waals surface area contributed by atoms with Crippen molar-refractivity contribution in [1.82, 2.24) is 0 Å². The largest absolute Gasteiger partial charge is 0.479 e. The normalized spacial score (nSPS) is 12.8. The van der Waals surface area contributed by atoms with E-state index in [1.54, 1.807) is 0 Å². The van der Waals surface area contributed by atoms with Gasteiger partial charge < -0.3 is 14.6 Å². The van der Waals surface area contributed by atoms with Crippen LogP contribution in [0.2, 0.25) is 0 Å². The standard InChI is InChI=1S/C9H18O4/c1-3-4-5-12-6-7-13-8(2)9(10)11/h8H,3-7H2,1-2H3,(H,10,11)/t8-/m0/s1. The van der Waals surface area contributed by atoms with Crippen molar-refractivity contribution in [1.29, 1.82) is 0 Å². The molecule has 13 heavy (non-hydrogen) atoms. The Kier molecular flexibility index (Phi) is 7.63. The van der Waals surface area contributed by atoms with Crippen molar-refractivity contribution < 1.29 is 19.4 Å². The number of ether oxygens (including phenoxy) is 2. The van der Waals surface area contributed by atoms with E-state index in [0.29, 0.717) is 13.2 Å². The Balaban J connectivity index is 3.11. The molecule has 78 valence electrons. The van der Waals surface area contributed by atoms with Crippen LogP contribution in [0.15, 0.2) is 0 Å². The van der Waals surface area contributed by atoms with Gasteiger partial charge in [0.15, 0.2) is 6.10 Å². The average Bonchev–Trinajstić information content (AvgIpc) is 2.10. The van der Waals surface area contributed by atoms with Gasteiger partial charge in [-0.2, -0.15) is 0 Å². The molecule has 4 nitrogen and oxygen atoms in total. The molecule has 0 fully saturated rings. The number of carboxylic acids is 1. The van der Waals surface area contributed by atoms with E-state index >= 15 is 0 Å². The van der Waals surface area contributed by atoms with Crippen molar-refractivity contribution in [2.45, 2.75) is 32.8 Å². The van der Waals surface area contributed by atoms with E-state index in [4.69, 9.17) is 14.6 Å². The van der Waals surface area contributed by atoms with Gasteiger partial charge in [0.1, 0.15) is 0 Å². The molecular weight excluding hydrogens is 172 g/mol. The molecule has 0 saturated heterocycles. The van der Waals surface area contributed by atoms with Crippen LogP contribution < -0.4 is 0 Å². The lowest BCUT2D eigenvalue weighted by molar-refractivity contribution is -0.149. The second kappa shape index (κ2) is 8.01. The number of carbonyl (C=O) groups is 1. The van der Waals surface area contributed by atoms with Gasteiger partial charge in [0, 0.05) is 6.61 Å². The minimum atomic E-state index is -0.937. The summed E-state index contributed by atoms with van der Waals surface area (Å²) in [6.45, 7) is 5.14. The van der Waals surface area contributed by atoms with Gasteiger partial charge in [-0.15, -0.1) is 0 Å². The Bertz CT molecular complexity index is 136. The van der Waals surface area contributed by atoms with Gasteiger partial charge in [0.25, 0.3) is 0 Å². The highest BCUT2D eigenvalue weighted by atomic mass is 16.5. The molecule has 1 atom stereocenters. The highest BCUT2D eigenvalue weighted by Gasteiger charge is 2.09. The van der Waals surface area contributed by atoms with E-state index in [0.717, 1.165) is 19.4 Å². The first-order valence-corrected chi connectivity index (χ1v) is 4.60. The third kappa shape index (κ3) is 7.74. The van der Waals surface area contributed by atoms with Gasteiger partial charge in [-0.3, -0.25) is 0 Å². The maximum atomic E-state index is 10.3. The molecule has 0 aliphatic carbocycles. The summed E-state index contributed by atoms with van der Waals surface area (Å²) in [6, 6.07) is 0. The molecule has 0 aliphatic heterocycles. The topological polar surface area (TPSA) is 55.8 Å². The van der Waals surface area contributed by atoms with E-state index in [1.165, 1.54) is 6.92 Å². The Morgan fingerprint density at radius 1 is 1.38 bits per heavy atom. The molecule has 0 bridgehead atoms. The minimum Gasteiger partial charge on any atom is -0.479 e. The second-order valence-corrected chi connectivity index (χ2v) is 2.82. The minimum absolute atomic E-state index is 0.344. The third-order valence-electron chi connectivity index (χ3n) is 1.59. The molecular formula is C9H18O4. The van der Waals surface area contributed by atoms with Crippen LogP contribution in [-0.4, -0.2) is 37.0 Å². The first kappa shape index (κ1) is 12.4. The van der Waals surface area contributed by atoms with Crippen LogP contribution in [0.5, 0.6) is 0 Å². The van der Waals surface area contributed by atoms with E-state index in [-0.39, 0.29) is 0 Å². The monoisotopic (exact) mass is 190 g/mol. The third-order valence-corrected chi connectivity index (χ3v) is 1.59. The summed E-state index contributed by atoms with van der Waals surface area (Å²) in [5.41, 5.74) is 0. The highest BCUT2D eigenvalue weighted by Crippen LogP contribution is 1.91. The summed E-state index contributed by atoms with van der Waals surface area (Å²) in [7, 11) is 0. The van der Waals surface area contributed by atoms with E-state index < -0.39 is 12.1 Å². The Labute approximate surface area is 78.8 Å². The van der Waals surface area contributed by atoms with Crippen molar-refractivity contribution in [3.8, 4) is 0 Å². The predicted molar refractivity (Wildman–Crippen MR) is 48.8 cm³/mol. The number of rotatable bonds is 8. The molecule has 0 amide bonds. The smallest absolute Gasteiger partial charge is 0.332 e. The molecule has 0 unspecified atom stereocenters. The van der Waals surface area contributed by atoms with Gasteiger partial charge in [-0.05, 0) is 13.3 Å². The maximum Gasteiger partial charge on any atom is 0.332 e. The van der Waals surface area contributed by atoms with Crippen LogP contribution >= 0.6 is 0 Å². The molecule has 0 rings (SSSR count). The van der Waals surface area contributed by atoms with Crippen LogP contribution in [0.3, 0.4) is 0 Å². The van der Waals surface area contributed by atoms with Crippen molar-refractivity contribution >= 4 is 5.97 Å². The summed E-state index contributed by atoms with van der Waals surface area (Å²) < 4.78 is 10.1. The molecule has 0 radical (unpaired) electrons. The Morgan fingerprint density at radius 3 is 2.62 bits per heavy atom. The summed E-state index contributed by atoms with van der Waals surface area (Å²) in [5, 5.41) is 8.46. The van der Waals surface area contributed by atoms with Gasteiger partial charge >= 0.3 is 5.97 Å². The SMILES string of the molecule is CCCCOCCO[C@@H](C)C(=O)O. The zero-order chi connectivity index (χ0) is 10.1. The van der Waals surface area contributed by atoms with Gasteiger partial charge in [0.05, 0.1) is 13.2 Å². The lowest BCUT2D eigenvalue weighted by Gasteiger charge is -2.08.